The van der Waals surface area contributed by atoms with Crippen LogP contribution in [0, 0.1) is 13.8 Å². The monoisotopic (exact) mass is 331 g/mol. The summed E-state index contributed by atoms with van der Waals surface area (Å²) in [6.45, 7) is 4.45. The van der Waals surface area contributed by atoms with E-state index < -0.39 is 0 Å². The quantitative estimate of drug-likeness (QED) is 0.211. The molecule has 3 heteroatoms. The number of benzene rings is 2. The Labute approximate surface area is 144 Å². The van der Waals surface area contributed by atoms with Gasteiger partial charge in [0.05, 0.1) is 10.9 Å². The first-order valence-electron chi connectivity index (χ1n) is 8.24. The lowest BCUT2D eigenvalue weighted by molar-refractivity contribution is -0.642. The van der Waals surface area contributed by atoms with Crippen molar-refractivity contribution in [2.75, 3.05) is 0 Å². The molecule has 24 heavy (non-hydrogen) atoms. The number of fused-ring (bicyclic) bond motifs is 3. The van der Waals surface area contributed by atoms with Gasteiger partial charge < -0.3 is 4.57 Å². The SMILES string of the molecule is Cc1cc2ccn(C)c3c4c(C)c5cc[n+](C)c5cc4sc(c1)c23. The molecule has 0 aliphatic carbocycles. The van der Waals surface area contributed by atoms with Crippen LogP contribution in [0.2, 0.25) is 0 Å². The molecule has 3 heterocycles. The number of aryl methyl sites for hydroxylation is 4. The maximum absolute atomic E-state index is 2.35. The molecule has 0 amide bonds. The minimum atomic E-state index is 1.31. The molecule has 118 valence electrons. The van der Waals surface area contributed by atoms with Gasteiger partial charge in [0.2, 0.25) is 5.52 Å². The van der Waals surface area contributed by atoms with E-state index >= 15 is 0 Å². The molecule has 0 aliphatic heterocycles. The zero-order valence-corrected chi connectivity index (χ0v) is 15.2. The van der Waals surface area contributed by atoms with Crippen molar-refractivity contribution >= 4 is 53.3 Å². The molecule has 0 bridgehead atoms. The van der Waals surface area contributed by atoms with E-state index in [1.54, 1.807) is 0 Å². The smallest absolute Gasteiger partial charge is 0.214 e. The average molecular weight is 331 g/mol. The molecule has 5 aromatic rings. The van der Waals surface area contributed by atoms with Gasteiger partial charge in [-0.05, 0) is 42.5 Å². The second-order valence-corrected chi connectivity index (χ2v) is 7.92. The predicted octanol–water partition coefficient (Wildman–Crippen LogP) is 5.14. The zero-order chi connectivity index (χ0) is 16.6. The third kappa shape index (κ3) is 1.68. The average Bonchev–Trinajstić information content (AvgIpc) is 2.91. The Morgan fingerprint density at radius 3 is 2.62 bits per heavy atom. The highest BCUT2D eigenvalue weighted by atomic mass is 32.1. The van der Waals surface area contributed by atoms with Gasteiger partial charge in [-0.25, -0.2) is 4.57 Å². The fourth-order valence-corrected chi connectivity index (χ4v) is 5.36. The van der Waals surface area contributed by atoms with E-state index in [9.17, 15) is 0 Å². The lowest BCUT2D eigenvalue weighted by Crippen LogP contribution is -2.24. The van der Waals surface area contributed by atoms with Crippen LogP contribution in [0.25, 0.3) is 42.0 Å². The normalized spacial score (nSPS) is 12.2. The Kier molecular flexibility index (Phi) is 2.67. The second-order valence-electron chi connectivity index (χ2n) is 6.84. The van der Waals surface area contributed by atoms with Gasteiger partial charge in [0, 0.05) is 45.5 Å². The van der Waals surface area contributed by atoms with Gasteiger partial charge in [-0.15, -0.1) is 11.3 Å². The van der Waals surface area contributed by atoms with Crippen LogP contribution in [0.15, 0.2) is 42.7 Å². The minimum absolute atomic E-state index is 1.31. The van der Waals surface area contributed by atoms with Gasteiger partial charge in [-0.3, -0.25) is 0 Å². The van der Waals surface area contributed by atoms with Crippen LogP contribution in [0.4, 0.5) is 0 Å². The van der Waals surface area contributed by atoms with Gasteiger partial charge in [0.1, 0.15) is 7.05 Å². The molecule has 0 saturated carbocycles. The summed E-state index contributed by atoms with van der Waals surface area (Å²) in [7, 11) is 4.29. The zero-order valence-electron chi connectivity index (χ0n) is 14.3. The van der Waals surface area contributed by atoms with Crippen molar-refractivity contribution in [1.29, 1.82) is 0 Å². The molecule has 0 spiro atoms. The molecule has 3 aromatic heterocycles. The van der Waals surface area contributed by atoms with Gasteiger partial charge in [0.25, 0.3) is 0 Å². The van der Waals surface area contributed by atoms with E-state index in [1.807, 2.05) is 11.3 Å². The first-order valence-corrected chi connectivity index (χ1v) is 9.06. The molecular weight excluding hydrogens is 312 g/mol. The predicted molar refractivity (Wildman–Crippen MR) is 104 cm³/mol. The Balaban J connectivity index is 2.18. The molecule has 0 N–H and O–H groups in total. The van der Waals surface area contributed by atoms with Crippen molar-refractivity contribution in [3.8, 4) is 0 Å². The standard InChI is InChI=1S/C21H19N2S/c1-12-9-14-5-7-23(4)21-19-13(2)15-6-8-22(3)16(15)11-18(19)24-17(10-12)20(14)21/h5-11H,1-4H3/q+1. The summed E-state index contributed by atoms with van der Waals surface area (Å²) in [5, 5.41) is 5.47. The number of rotatable bonds is 0. The lowest BCUT2D eigenvalue weighted by atomic mass is 10.0. The molecule has 0 unspecified atom stereocenters. The summed E-state index contributed by atoms with van der Waals surface area (Å²) in [6, 6.07) is 11.4. The van der Waals surface area contributed by atoms with E-state index in [0.717, 1.165) is 0 Å². The summed E-state index contributed by atoms with van der Waals surface area (Å²) in [5.74, 6) is 0. The Morgan fingerprint density at radius 1 is 1.00 bits per heavy atom. The van der Waals surface area contributed by atoms with Gasteiger partial charge in [-0.1, -0.05) is 6.07 Å². The first-order chi connectivity index (χ1) is 11.5. The molecule has 0 atom stereocenters. The largest absolute Gasteiger partial charge is 0.350 e. The van der Waals surface area contributed by atoms with Gasteiger partial charge in [-0.2, -0.15) is 0 Å². The van der Waals surface area contributed by atoms with Gasteiger partial charge >= 0.3 is 0 Å². The van der Waals surface area contributed by atoms with Crippen molar-refractivity contribution in [3.05, 3.63) is 53.9 Å². The van der Waals surface area contributed by atoms with Crippen LogP contribution >= 0.6 is 11.3 Å². The maximum atomic E-state index is 2.35. The molecule has 0 aliphatic rings. The van der Waals surface area contributed by atoms with Crippen LogP contribution in [0.1, 0.15) is 11.1 Å². The van der Waals surface area contributed by atoms with E-state index in [-0.39, 0.29) is 0 Å². The highest BCUT2D eigenvalue weighted by Crippen LogP contribution is 2.40. The Morgan fingerprint density at radius 2 is 1.79 bits per heavy atom. The van der Waals surface area contributed by atoms with Crippen molar-refractivity contribution in [1.82, 2.24) is 4.57 Å². The third-order valence-electron chi connectivity index (χ3n) is 5.21. The van der Waals surface area contributed by atoms with Crippen LogP contribution in [0.3, 0.4) is 0 Å². The summed E-state index contributed by atoms with van der Waals surface area (Å²) >= 11 is 1.91. The van der Waals surface area contributed by atoms with Crippen LogP contribution in [0.5, 0.6) is 0 Å². The highest BCUT2D eigenvalue weighted by molar-refractivity contribution is 7.25. The summed E-state index contributed by atoms with van der Waals surface area (Å²) in [6.07, 6.45) is 4.35. The maximum Gasteiger partial charge on any atom is 0.214 e. The molecule has 2 nitrogen and oxygen atoms in total. The van der Waals surface area contributed by atoms with Crippen molar-refractivity contribution in [3.63, 3.8) is 0 Å². The molecule has 0 saturated heterocycles. The lowest BCUT2D eigenvalue weighted by Gasteiger charge is -2.15. The van der Waals surface area contributed by atoms with E-state index in [0.29, 0.717) is 0 Å². The minimum Gasteiger partial charge on any atom is -0.350 e. The van der Waals surface area contributed by atoms with E-state index in [4.69, 9.17) is 0 Å². The second kappa shape index (κ2) is 4.58. The molecule has 2 aromatic carbocycles. The first kappa shape index (κ1) is 14.0. The number of aromatic nitrogens is 2. The van der Waals surface area contributed by atoms with Gasteiger partial charge in [0.15, 0.2) is 6.20 Å². The van der Waals surface area contributed by atoms with Crippen LogP contribution in [-0.2, 0) is 14.1 Å². The summed E-state index contributed by atoms with van der Waals surface area (Å²) in [5.41, 5.74) is 5.36. The Bertz CT molecular complexity index is 1290. The molecular formula is C21H19N2S+. The van der Waals surface area contributed by atoms with Crippen LogP contribution in [-0.4, -0.2) is 4.57 Å². The van der Waals surface area contributed by atoms with E-state index in [1.165, 1.54) is 53.1 Å². The summed E-state index contributed by atoms with van der Waals surface area (Å²) in [4.78, 5) is 0. The van der Waals surface area contributed by atoms with Crippen LogP contribution < -0.4 is 4.57 Å². The fourth-order valence-electron chi connectivity index (χ4n) is 4.04. The third-order valence-corrected chi connectivity index (χ3v) is 6.30. The van der Waals surface area contributed by atoms with E-state index in [2.05, 4.69) is 79.8 Å². The van der Waals surface area contributed by atoms with Crippen molar-refractivity contribution in [2.24, 2.45) is 14.1 Å². The fraction of sp³-hybridized carbons (Fsp3) is 0.190. The number of hydrogen-bond donors (Lipinski definition) is 0. The van der Waals surface area contributed by atoms with Crippen molar-refractivity contribution < 1.29 is 4.57 Å². The highest BCUT2D eigenvalue weighted by Gasteiger charge is 2.18. The Hall–Kier alpha value is -2.39. The molecule has 0 radical (unpaired) electrons. The summed E-state index contributed by atoms with van der Waals surface area (Å²) < 4.78 is 7.23. The number of nitrogens with zero attached hydrogens (tertiary/aromatic N) is 2. The molecule has 0 fully saturated rings. The number of hydrogen-bond acceptors (Lipinski definition) is 1. The van der Waals surface area contributed by atoms with Crippen molar-refractivity contribution in [2.45, 2.75) is 13.8 Å². The molecule has 5 rings (SSSR count). The number of pyridine rings is 1. The topological polar surface area (TPSA) is 8.81 Å².